The highest BCUT2D eigenvalue weighted by Crippen LogP contribution is 2.32. The van der Waals surface area contributed by atoms with Gasteiger partial charge in [0.05, 0.1) is 18.4 Å². The normalized spacial score (nSPS) is 12.2. The second kappa shape index (κ2) is 8.61. The molecule has 0 saturated heterocycles. The first-order valence-electron chi connectivity index (χ1n) is 9.42. The Bertz CT molecular complexity index is 1050. The van der Waals surface area contributed by atoms with Crippen LogP contribution in [0.25, 0.3) is 10.9 Å². The van der Waals surface area contributed by atoms with Gasteiger partial charge in [-0.3, -0.25) is 4.79 Å². The van der Waals surface area contributed by atoms with Crippen molar-refractivity contribution in [2.24, 2.45) is 0 Å². The molecule has 0 fully saturated rings. The molecule has 29 heavy (non-hydrogen) atoms. The van der Waals surface area contributed by atoms with Crippen molar-refractivity contribution in [2.75, 3.05) is 19.7 Å². The number of carbonyl (C=O) groups excluding carboxylic acids is 1. The minimum absolute atomic E-state index is 0.0358. The number of nitrogens with zero attached hydrogens (tertiary/aromatic N) is 1. The number of rotatable bonds is 7. The number of benzene rings is 2. The lowest BCUT2D eigenvalue weighted by molar-refractivity contribution is -0.118. The van der Waals surface area contributed by atoms with Crippen LogP contribution in [0.1, 0.15) is 18.1 Å². The van der Waals surface area contributed by atoms with Gasteiger partial charge in [-0.25, -0.2) is 4.98 Å². The van der Waals surface area contributed by atoms with E-state index in [2.05, 4.69) is 18.3 Å². The summed E-state index contributed by atoms with van der Waals surface area (Å²) in [5, 5.41) is 4.88. The summed E-state index contributed by atoms with van der Waals surface area (Å²) >= 11 is 1.46. The molecular formula is C22H22N2O4S. The number of hydrogen-bond acceptors (Lipinski definition) is 6. The second-order valence-electron chi connectivity index (χ2n) is 6.62. The number of ether oxygens (including phenoxy) is 3. The predicted octanol–water partition coefficient (Wildman–Crippen LogP) is 3.94. The lowest BCUT2D eigenvalue weighted by Crippen LogP contribution is -2.24. The Labute approximate surface area is 173 Å². The molecule has 1 aliphatic rings. The zero-order chi connectivity index (χ0) is 20.2. The summed E-state index contributed by atoms with van der Waals surface area (Å²) in [7, 11) is 1.65. The summed E-state index contributed by atoms with van der Waals surface area (Å²) in [6.07, 6.45) is 0.849. The largest absolute Gasteiger partial charge is 0.497 e. The Balaban J connectivity index is 1.38. The standard InChI is InChI=1S/C22H22N2O4S/c1-3-15-9-16-10-17(26-2)5-6-18(16)24-22(15)29-12-21(25)23-11-14-4-7-19-20(8-14)28-13-27-19/h4-10H,3,11-13H2,1-2H3,(H,23,25). The fourth-order valence-corrected chi connectivity index (χ4v) is 4.04. The number of methoxy groups -OCH3 is 1. The molecule has 2 aromatic carbocycles. The van der Waals surface area contributed by atoms with Gasteiger partial charge < -0.3 is 19.5 Å². The fourth-order valence-electron chi connectivity index (χ4n) is 3.12. The van der Waals surface area contributed by atoms with Crippen LogP contribution in [0.15, 0.2) is 47.5 Å². The molecule has 4 rings (SSSR count). The van der Waals surface area contributed by atoms with Crippen LogP contribution in [0, 0.1) is 0 Å². The molecule has 1 N–H and O–H groups in total. The van der Waals surface area contributed by atoms with E-state index in [0.717, 1.165) is 50.7 Å². The molecule has 0 radical (unpaired) electrons. The lowest BCUT2D eigenvalue weighted by atomic mass is 10.1. The highest BCUT2D eigenvalue weighted by Gasteiger charge is 2.14. The monoisotopic (exact) mass is 410 g/mol. The number of thioether (sulfide) groups is 1. The van der Waals surface area contributed by atoms with Crippen molar-refractivity contribution < 1.29 is 19.0 Å². The highest BCUT2D eigenvalue weighted by molar-refractivity contribution is 7.99. The van der Waals surface area contributed by atoms with Crippen molar-refractivity contribution in [1.82, 2.24) is 10.3 Å². The van der Waals surface area contributed by atoms with E-state index in [4.69, 9.17) is 19.2 Å². The quantitative estimate of drug-likeness (QED) is 0.595. The van der Waals surface area contributed by atoms with Crippen molar-refractivity contribution in [2.45, 2.75) is 24.9 Å². The maximum absolute atomic E-state index is 12.3. The third-order valence-corrected chi connectivity index (χ3v) is 5.74. The van der Waals surface area contributed by atoms with Crippen LogP contribution in [0.2, 0.25) is 0 Å². The van der Waals surface area contributed by atoms with Gasteiger partial charge in [0.2, 0.25) is 12.7 Å². The summed E-state index contributed by atoms with van der Waals surface area (Å²) in [4.78, 5) is 17.1. The number of amides is 1. The molecule has 1 aromatic heterocycles. The molecular weight excluding hydrogens is 388 g/mol. The molecule has 0 spiro atoms. The molecule has 0 bridgehead atoms. The summed E-state index contributed by atoms with van der Waals surface area (Å²) < 4.78 is 16.0. The molecule has 3 aromatic rings. The van der Waals surface area contributed by atoms with E-state index >= 15 is 0 Å². The smallest absolute Gasteiger partial charge is 0.231 e. The predicted molar refractivity (Wildman–Crippen MR) is 113 cm³/mol. The molecule has 1 aliphatic heterocycles. The molecule has 7 heteroatoms. The first-order chi connectivity index (χ1) is 14.2. The van der Waals surface area contributed by atoms with Crippen LogP contribution in [-0.2, 0) is 17.8 Å². The number of pyridine rings is 1. The maximum Gasteiger partial charge on any atom is 0.231 e. The average Bonchev–Trinajstić information content (AvgIpc) is 3.23. The van der Waals surface area contributed by atoms with Crippen molar-refractivity contribution in [3.63, 3.8) is 0 Å². The minimum Gasteiger partial charge on any atom is -0.497 e. The summed E-state index contributed by atoms with van der Waals surface area (Å²) in [6, 6.07) is 13.6. The molecule has 1 amide bonds. The Morgan fingerprint density at radius 2 is 2.03 bits per heavy atom. The fraction of sp³-hybridized carbons (Fsp3) is 0.273. The molecule has 150 valence electrons. The zero-order valence-electron chi connectivity index (χ0n) is 16.4. The van der Waals surface area contributed by atoms with E-state index in [1.54, 1.807) is 7.11 Å². The Hall–Kier alpha value is -2.93. The van der Waals surface area contributed by atoms with Gasteiger partial charge in [0.1, 0.15) is 10.8 Å². The van der Waals surface area contributed by atoms with Crippen LogP contribution in [0.4, 0.5) is 0 Å². The zero-order valence-corrected chi connectivity index (χ0v) is 17.2. The van der Waals surface area contributed by atoms with Gasteiger partial charge in [0, 0.05) is 11.9 Å². The van der Waals surface area contributed by atoms with Gasteiger partial charge in [0.25, 0.3) is 0 Å². The summed E-state index contributed by atoms with van der Waals surface area (Å²) in [5.41, 5.74) is 2.99. The van der Waals surface area contributed by atoms with Crippen LogP contribution in [0.3, 0.4) is 0 Å². The number of nitrogens with one attached hydrogen (secondary N) is 1. The lowest BCUT2D eigenvalue weighted by Gasteiger charge is -2.10. The number of aryl methyl sites for hydroxylation is 1. The number of carbonyl (C=O) groups is 1. The van der Waals surface area contributed by atoms with Crippen LogP contribution >= 0.6 is 11.8 Å². The topological polar surface area (TPSA) is 69.7 Å². The van der Waals surface area contributed by atoms with Crippen LogP contribution in [0.5, 0.6) is 17.2 Å². The number of fused-ring (bicyclic) bond motifs is 2. The highest BCUT2D eigenvalue weighted by atomic mass is 32.2. The SMILES string of the molecule is CCc1cc2cc(OC)ccc2nc1SCC(=O)NCc1ccc2c(c1)OCO2. The van der Waals surface area contributed by atoms with E-state index in [1.165, 1.54) is 11.8 Å². The van der Waals surface area contributed by atoms with Crippen molar-refractivity contribution in [1.29, 1.82) is 0 Å². The van der Waals surface area contributed by atoms with E-state index in [-0.39, 0.29) is 12.7 Å². The van der Waals surface area contributed by atoms with Gasteiger partial charge in [-0.2, -0.15) is 0 Å². The van der Waals surface area contributed by atoms with E-state index < -0.39 is 0 Å². The van der Waals surface area contributed by atoms with E-state index in [0.29, 0.717) is 12.3 Å². The number of hydrogen-bond donors (Lipinski definition) is 1. The molecule has 0 aliphatic carbocycles. The first-order valence-corrected chi connectivity index (χ1v) is 10.4. The maximum atomic E-state index is 12.3. The Morgan fingerprint density at radius 3 is 2.86 bits per heavy atom. The van der Waals surface area contributed by atoms with Gasteiger partial charge in [-0.05, 0) is 53.9 Å². The van der Waals surface area contributed by atoms with Gasteiger partial charge >= 0.3 is 0 Å². The summed E-state index contributed by atoms with van der Waals surface area (Å²) in [6.45, 7) is 2.78. The molecule has 2 heterocycles. The van der Waals surface area contributed by atoms with Crippen molar-refractivity contribution in [3.05, 3.63) is 53.6 Å². The second-order valence-corrected chi connectivity index (χ2v) is 7.58. The van der Waals surface area contributed by atoms with E-state index in [9.17, 15) is 4.79 Å². The molecule has 0 atom stereocenters. The molecule has 0 unspecified atom stereocenters. The van der Waals surface area contributed by atoms with Crippen LogP contribution in [-0.4, -0.2) is 30.5 Å². The van der Waals surface area contributed by atoms with Crippen molar-refractivity contribution in [3.8, 4) is 17.2 Å². The number of aromatic nitrogens is 1. The van der Waals surface area contributed by atoms with Gasteiger partial charge in [-0.1, -0.05) is 24.8 Å². The third-order valence-electron chi connectivity index (χ3n) is 4.71. The van der Waals surface area contributed by atoms with Gasteiger partial charge in [-0.15, -0.1) is 0 Å². The summed E-state index contributed by atoms with van der Waals surface area (Å²) in [5.74, 6) is 2.54. The van der Waals surface area contributed by atoms with Crippen molar-refractivity contribution >= 4 is 28.6 Å². The average molecular weight is 410 g/mol. The van der Waals surface area contributed by atoms with Gasteiger partial charge in [0.15, 0.2) is 11.5 Å². The Kier molecular flexibility index (Phi) is 5.76. The van der Waals surface area contributed by atoms with E-state index in [1.807, 2.05) is 36.4 Å². The van der Waals surface area contributed by atoms with Crippen LogP contribution < -0.4 is 19.5 Å². The minimum atomic E-state index is -0.0358. The Morgan fingerprint density at radius 1 is 1.17 bits per heavy atom. The molecule has 0 saturated carbocycles. The third kappa shape index (κ3) is 4.40. The molecule has 6 nitrogen and oxygen atoms in total. The first kappa shape index (κ1) is 19.4.